The van der Waals surface area contributed by atoms with Crippen LogP contribution in [0.25, 0.3) is 0 Å². The Kier molecular flexibility index (Phi) is 6.02. The second-order valence-electron chi connectivity index (χ2n) is 5.57. The summed E-state index contributed by atoms with van der Waals surface area (Å²) in [6, 6.07) is 5.68. The second kappa shape index (κ2) is 7.55. The van der Waals surface area contributed by atoms with Crippen LogP contribution in [-0.4, -0.2) is 48.6 Å². The number of hydrogen-bond donors (Lipinski definition) is 1. The molecule has 0 amide bonds. The topological polar surface area (TPSA) is 32.5 Å². The van der Waals surface area contributed by atoms with Crippen molar-refractivity contribution < 1.29 is 0 Å². The summed E-state index contributed by atoms with van der Waals surface area (Å²) < 4.78 is 0. The standard InChI is InChI=1S/C16H29N3S/c1-4-14-7-8-16(20-14)15(11-17)19-10-9-13(12-19)18(5-2)6-3/h7-8,13,15H,4-6,9-12,17H2,1-3H3. The van der Waals surface area contributed by atoms with Gasteiger partial charge in [-0.25, -0.2) is 0 Å². The smallest absolute Gasteiger partial charge is 0.0564 e. The highest BCUT2D eigenvalue weighted by atomic mass is 32.1. The first-order valence-corrected chi connectivity index (χ1v) is 8.81. The van der Waals surface area contributed by atoms with E-state index in [9.17, 15) is 0 Å². The molecule has 2 atom stereocenters. The van der Waals surface area contributed by atoms with Gasteiger partial charge in [0.1, 0.15) is 0 Å². The van der Waals surface area contributed by atoms with Gasteiger partial charge in [-0.1, -0.05) is 20.8 Å². The molecule has 0 saturated carbocycles. The number of likely N-dealkylation sites (tertiary alicyclic amines) is 1. The minimum Gasteiger partial charge on any atom is -0.329 e. The molecule has 1 aromatic rings. The molecule has 2 rings (SSSR count). The third kappa shape index (κ3) is 3.42. The molecule has 2 heterocycles. The van der Waals surface area contributed by atoms with Crippen LogP contribution in [0.4, 0.5) is 0 Å². The van der Waals surface area contributed by atoms with Crippen molar-refractivity contribution in [2.75, 3.05) is 32.7 Å². The van der Waals surface area contributed by atoms with Crippen LogP contribution in [0.1, 0.15) is 43.0 Å². The average Bonchev–Trinajstić information content (AvgIpc) is 3.11. The summed E-state index contributed by atoms with van der Waals surface area (Å²) in [4.78, 5) is 8.09. The van der Waals surface area contributed by atoms with Crippen LogP contribution < -0.4 is 5.73 Å². The Morgan fingerprint density at radius 2 is 2.10 bits per heavy atom. The minimum absolute atomic E-state index is 0.417. The monoisotopic (exact) mass is 295 g/mol. The Morgan fingerprint density at radius 1 is 1.35 bits per heavy atom. The zero-order valence-electron chi connectivity index (χ0n) is 13.1. The SMILES string of the molecule is CCc1ccc(C(CN)N2CCC(N(CC)CC)C2)s1. The molecule has 114 valence electrons. The summed E-state index contributed by atoms with van der Waals surface area (Å²) in [5.74, 6) is 0. The maximum atomic E-state index is 6.07. The van der Waals surface area contributed by atoms with Crippen molar-refractivity contribution in [3.8, 4) is 0 Å². The quantitative estimate of drug-likeness (QED) is 0.839. The van der Waals surface area contributed by atoms with E-state index >= 15 is 0 Å². The van der Waals surface area contributed by atoms with E-state index in [1.54, 1.807) is 0 Å². The Bertz CT molecular complexity index is 400. The van der Waals surface area contributed by atoms with E-state index in [-0.39, 0.29) is 0 Å². The van der Waals surface area contributed by atoms with E-state index in [0.717, 1.165) is 26.1 Å². The van der Waals surface area contributed by atoms with Crippen LogP contribution in [0, 0.1) is 0 Å². The Balaban J connectivity index is 2.02. The molecule has 1 fully saturated rings. The summed E-state index contributed by atoms with van der Waals surface area (Å²) in [5.41, 5.74) is 6.07. The fourth-order valence-electron chi connectivity index (χ4n) is 3.30. The third-order valence-corrected chi connectivity index (χ3v) is 5.88. The molecule has 2 unspecified atom stereocenters. The van der Waals surface area contributed by atoms with Crippen molar-refractivity contribution >= 4 is 11.3 Å². The number of hydrogen-bond acceptors (Lipinski definition) is 4. The first-order valence-electron chi connectivity index (χ1n) is 8.00. The van der Waals surface area contributed by atoms with Crippen LogP contribution in [0.3, 0.4) is 0 Å². The fraction of sp³-hybridized carbons (Fsp3) is 0.750. The van der Waals surface area contributed by atoms with E-state index in [4.69, 9.17) is 5.73 Å². The summed E-state index contributed by atoms with van der Waals surface area (Å²) in [7, 11) is 0. The molecule has 1 saturated heterocycles. The predicted octanol–water partition coefficient (Wildman–Crippen LogP) is 2.73. The van der Waals surface area contributed by atoms with Gasteiger partial charge in [0, 0.05) is 35.4 Å². The lowest BCUT2D eigenvalue weighted by molar-refractivity contribution is 0.191. The van der Waals surface area contributed by atoms with Gasteiger partial charge in [0.2, 0.25) is 0 Å². The minimum atomic E-state index is 0.417. The van der Waals surface area contributed by atoms with E-state index in [2.05, 4.69) is 42.7 Å². The number of nitrogens with two attached hydrogens (primary N) is 1. The molecule has 3 nitrogen and oxygen atoms in total. The first kappa shape index (κ1) is 16.0. The van der Waals surface area contributed by atoms with Gasteiger partial charge >= 0.3 is 0 Å². The molecule has 2 N–H and O–H groups in total. The maximum absolute atomic E-state index is 6.07. The fourth-order valence-corrected chi connectivity index (χ4v) is 4.40. The Hall–Kier alpha value is -0.420. The van der Waals surface area contributed by atoms with Gasteiger partial charge in [-0.3, -0.25) is 9.80 Å². The van der Waals surface area contributed by atoms with Crippen molar-refractivity contribution in [3.05, 3.63) is 21.9 Å². The molecular formula is C16H29N3S. The molecule has 1 aromatic heterocycles. The molecule has 0 spiro atoms. The largest absolute Gasteiger partial charge is 0.329 e. The normalized spacial score (nSPS) is 21.8. The summed E-state index contributed by atoms with van der Waals surface area (Å²) in [5, 5.41) is 0. The van der Waals surface area contributed by atoms with Crippen molar-refractivity contribution in [1.29, 1.82) is 0 Å². The zero-order chi connectivity index (χ0) is 14.5. The molecular weight excluding hydrogens is 266 g/mol. The number of thiophene rings is 1. The van der Waals surface area contributed by atoms with E-state index in [1.807, 2.05) is 11.3 Å². The lowest BCUT2D eigenvalue weighted by Crippen LogP contribution is -2.39. The van der Waals surface area contributed by atoms with Gasteiger partial charge in [-0.05, 0) is 38.1 Å². The van der Waals surface area contributed by atoms with Crippen LogP contribution in [0.5, 0.6) is 0 Å². The first-order chi connectivity index (χ1) is 9.73. The van der Waals surface area contributed by atoms with E-state index < -0.39 is 0 Å². The van der Waals surface area contributed by atoms with Gasteiger partial charge in [0.05, 0.1) is 6.04 Å². The lowest BCUT2D eigenvalue weighted by Gasteiger charge is -2.29. The Labute approximate surface area is 127 Å². The van der Waals surface area contributed by atoms with E-state index in [0.29, 0.717) is 12.1 Å². The summed E-state index contributed by atoms with van der Waals surface area (Å²) in [6.45, 7) is 12.1. The summed E-state index contributed by atoms with van der Waals surface area (Å²) >= 11 is 1.94. The molecule has 20 heavy (non-hydrogen) atoms. The van der Waals surface area contributed by atoms with Gasteiger partial charge in [-0.15, -0.1) is 11.3 Å². The molecule has 1 aliphatic rings. The Morgan fingerprint density at radius 3 is 2.65 bits per heavy atom. The molecule has 0 aliphatic carbocycles. The summed E-state index contributed by atoms with van der Waals surface area (Å²) in [6.07, 6.45) is 2.41. The van der Waals surface area contributed by atoms with Gasteiger partial charge in [-0.2, -0.15) is 0 Å². The van der Waals surface area contributed by atoms with Crippen LogP contribution >= 0.6 is 11.3 Å². The van der Waals surface area contributed by atoms with Crippen molar-refractivity contribution in [2.24, 2.45) is 5.73 Å². The van der Waals surface area contributed by atoms with Crippen LogP contribution in [0.2, 0.25) is 0 Å². The van der Waals surface area contributed by atoms with Crippen LogP contribution in [-0.2, 0) is 6.42 Å². The number of rotatable bonds is 7. The zero-order valence-corrected chi connectivity index (χ0v) is 14.0. The van der Waals surface area contributed by atoms with Gasteiger partial charge in [0.15, 0.2) is 0 Å². The second-order valence-corrected chi connectivity index (χ2v) is 6.77. The van der Waals surface area contributed by atoms with Crippen molar-refractivity contribution in [3.63, 3.8) is 0 Å². The number of aryl methyl sites for hydroxylation is 1. The predicted molar refractivity (Wildman–Crippen MR) is 88.4 cm³/mol. The molecule has 1 aliphatic heterocycles. The average molecular weight is 295 g/mol. The highest BCUT2D eigenvalue weighted by Crippen LogP contribution is 2.31. The number of nitrogens with zero attached hydrogens (tertiary/aromatic N) is 2. The number of likely N-dealkylation sites (N-methyl/N-ethyl adjacent to an activating group) is 1. The molecule has 0 bridgehead atoms. The van der Waals surface area contributed by atoms with Crippen LogP contribution in [0.15, 0.2) is 12.1 Å². The molecule has 4 heteroatoms. The van der Waals surface area contributed by atoms with Gasteiger partial charge in [0.25, 0.3) is 0 Å². The highest BCUT2D eigenvalue weighted by Gasteiger charge is 2.31. The van der Waals surface area contributed by atoms with Crippen molar-refractivity contribution in [2.45, 2.75) is 45.7 Å². The third-order valence-electron chi connectivity index (χ3n) is 4.55. The van der Waals surface area contributed by atoms with Crippen molar-refractivity contribution in [1.82, 2.24) is 9.80 Å². The lowest BCUT2D eigenvalue weighted by atomic mass is 10.2. The maximum Gasteiger partial charge on any atom is 0.0564 e. The molecule has 0 radical (unpaired) electrons. The highest BCUT2D eigenvalue weighted by molar-refractivity contribution is 7.12. The molecule has 0 aromatic carbocycles. The van der Waals surface area contributed by atoms with Gasteiger partial charge < -0.3 is 5.73 Å². The van der Waals surface area contributed by atoms with E-state index in [1.165, 1.54) is 29.3 Å².